The lowest BCUT2D eigenvalue weighted by molar-refractivity contribution is -0.149. The van der Waals surface area contributed by atoms with Gasteiger partial charge in [0.15, 0.2) is 0 Å². The smallest absolute Gasteiger partial charge is 0.332 e. The summed E-state index contributed by atoms with van der Waals surface area (Å²) >= 11 is 0. The van der Waals surface area contributed by atoms with Gasteiger partial charge in [0.25, 0.3) is 6.08 Å². The fraction of sp³-hybridized carbons (Fsp3) is 0.778. The minimum atomic E-state index is -3.91. The standard InChI is InChI=1S/C9H14N2O5S/c1-2-16-9(13)8-3-5-11(6-4-8)17(14,15)10-7-12/h8H,2-6H2,1H3. The van der Waals surface area contributed by atoms with Crippen molar-refractivity contribution in [1.82, 2.24) is 4.31 Å². The molecule has 1 heterocycles. The first-order valence-electron chi connectivity index (χ1n) is 5.27. The number of ether oxygens (including phenoxy) is 1. The molecule has 0 saturated carbocycles. The lowest BCUT2D eigenvalue weighted by Gasteiger charge is -2.27. The SMILES string of the molecule is CCOC(=O)C1CCN(S(=O)(=O)N=C=O)CC1. The number of hydrogen-bond donors (Lipinski definition) is 0. The van der Waals surface area contributed by atoms with E-state index < -0.39 is 10.2 Å². The number of isocyanates is 1. The molecule has 96 valence electrons. The topological polar surface area (TPSA) is 93.1 Å². The average Bonchev–Trinajstić information content (AvgIpc) is 2.29. The van der Waals surface area contributed by atoms with Gasteiger partial charge in [-0.3, -0.25) is 4.79 Å². The fourth-order valence-corrected chi connectivity index (χ4v) is 2.57. The Morgan fingerprint density at radius 2 is 2.06 bits per heavy atom. The molecule has 1 aliphatic heterocycles. The second kappa shape index (κ2) is 5.90. The van der Waals surface area contributed by atoms with E-state index in [-0.39, 0.29) is 25.0 Å². The number of rotatable bonds is 4. The van der Waals surface area contributed by atoms with E-state index in [0.717, 1.165) is 10.4 Å². The zero-order valence-corrected chi connectivity index (χ0v) is 10.3. The Bertz CT molecular complexity index is 419. The van der Waals surface area contributed by atoms with Crippen LogP contribution < -0.4 is 0 Å². The zero-order chi connectivity index (χ0) is 12.9. The van der Waals surface area contributed by atoms with Crippen LogP contribution >= 0.6 is 0 Å². The summed E-state index contributed by atoms with van der Waals surface area (Å²) in [5.74, 6) is -0.579. The molecule has 1 fully saturated rings. The summed E-state index contributed by atoms with van der Waals surface area (Å²) in [6, 6.07) is 0. The Morgan fingerprint density at radius 1 is 1.47 bits per heavy atom. The van der Waals surface area contributed by atoms with E-state index in [0.29, 0.717) is 19.4 Å². The van der Waals surface area contributed by atoms with Crippen molar-refractivity contribution in [3.8, 4) is 0 Å². The molecule has 0 aromatic heterocycles. The van der Waals surface area contributed by atoms with Gasteiger partial charge in [0.05, 0.1) is 12.5 Å². The Hall–Kier alpha value is -1.24. The summed E-state index contributed by atoms with van der Waals surface area (Å²) < 4.78 is 31.4. The normalized spacial score (nSPS) is 18.4. The highest BCUT2D eigenvalue weighted by Gasteiger charge is 2.31. The van der Waals surface area contributed by atoms with E-state index in [1.54, 1.807) is 6.92 Å². The molecular formula is C9H14N2O5S. The molecule has 0 atom stereocenters. The van der Waals surface area contributed by atoms with Crippen LogP contribution in [0.3, 0.4) is 0 Å². The van der Waals surface area contributed by atoms with Gasteiger partial charge in [-0.2, -0.15) is 12.7 Å². The maximum absolute atomic E-state index is 11.4. The molecule has 1 rings (SSSR count). The predicted molar refractivity (Wildman–Crippen MR) is 58.0 cm³/mol. The quantitative estimate of drug-likeness (QED) is 0.399. The molecule has 1 saturated heterocycles. The minimum absolute atomic E-state index is 0.164. The summed E-state index contributed by atoms with van der Waals surface area (Å²) in [6.45, 7) is 2.36. The minimum Gasteiger partial charge on any atom is -0.466 e. The van der Waals surface area contributed by atoms with Crippen molar-refractivity contribution < 1.29 is 22.7 Å². The largest absolute Gasteiger partial charge is 0.466 e. The molecular weight excluding hydrogens is 248 g/mol. The van der Waals surface area contributed by atoms with Gasteiger partial charge in [-0.15, -0.1) is 0 Å². The third-order valence-electron chi connectivity index (χ3n) is 2.55. The first-order valence-corrected chi connectivity index (χ1v) is 6.66. The highest BCUT2D eigenvalue weighted by Crippen LogP contribution is 2.21. The van der Waals surface area contributed by atoms with Crippen LogP contribution in [0.15, 0.2) is 4.40 Å². The van der Waals surface area contributed by atoms with E-state index in [2.05, 4.69) is 4.40 Å². The van der Waals surface area contributed by atoms with E-state index in [1.165, 1.54) is 0 Å². The Labute approximate surface area is 99.6 Å². The third kappa shape index (κ3) is 3.62. The van der Waals surface area contributed by atoms with Crippen molar-refractivity contribution in [2.45, 2.75) is 19.8 Å². The van der Waals surface area contributed by atoms with Gasteiger partial charge in [-0.25, -0.2) is 4.79 Å². The van der Waals surface area contributed by atoms with Gasteiger partial charge in [0, 0.05) is 13.1 Å². The van der Waals surface area contributed by atoms with Crippen LogP contribution in [-0.2, 0) is 24.5 Å². The predicted octanol–water partition coefficient (Wildman–Crippen LogP) is -0.158. The van der Waals surface area contributed by atoms with E-state index in [1.807, 2.05) is 0 Å². The van der Waals surface area contributed by atoms with Crippen molar-refractivity contribution >= 4 is 22.3 Å². The number of nitrogens with zero attached hydrogens (tertiary/aromatic N) is 2. The monoisotopic (exact) mass is 262 g/mol. The van der Waals surface area contributed by atoms with E-state index in [9.17, 15) is 18.0 Å². The van der Waals surface area contributed by atoms with E-state index >= 15 is 0 Å². The summed E-state index contributed by atoms with van der Waals surface area (Å²) in [7, 11) is -3.91. The Kier molecular flexibility index (Phi) is 4.80. The fourth-order valence-electron chi connectivity index (χ4n) is 1.69. The lowest BCUT2D eigenvalue weighted by Crippen LogP contribution is -2.39. The molecule has 0 aliphatic carbocycles. The molecule has 0 aromatic rings. The third-order valence-corrected chi connectivity index (χ3v) is 3.88. The van der Waals surface area contributed by atoms with Gasteiger partial charge in [-0.05, 0) is 19.8 Å². The van der Waals surface area contributed by atoms with Gasteiger partial charge in [0.2, 0.25) is 0 Å². The van der Waals surface area contributed by atoms with Gasteiger partial charge >= 0.3 is 16.2 Å². The van der Waals surface area contributed by atoms with Crippen molar-refractivity contribution in [2.24, 2.45) is 10.3 Å². The van der Waals surface area contributed by atoms with Gasteiger partial charge < -0.3 is 4.74 Å². The zero-order valence-electron chi connectivity index (χ0n) is 9.46. The van der Waals surface area contributed by atoms with Crippen molar-refractivity contribution in [2.75, 3.05) is 19.7 Å². The van der Waals surface area contributed by atoms with Gasteiger partial charge in [-0.1, -0.05) is 4.40 Å². The summed E-state index contributed by atoms with van der Waals surface area (Å²) in [5.41, 5.74) is 0. The van der Waals surface area contributed by atoms with Crippen molar-refractivity contribution in [3.05, 3.63) is 0 Å². The maximum Gasteiger partial charge on any atom is 0.332 e. The van der Waals surface area contributed by atoms with Crippen LogP contribution in [0.2, 0.25) is 0 Å². The number of hydrogen-bond acceptors (Lipinski definition) is 5. The number of piperidine rings is 1. The van der Waals surface area contributed by atoms with Gasteiger partial charge in [0.1, 0.15) is 0 Å². The second-order valence-corrected chi connectivity index (χ2v) is 5.18. The molecule has 0 bridgehead atoms. The average molecular weight is 262 g/mol. The molecule has 0 unspecified atom stereocenters. The number of carbonyl (C=O) groups excluding carboxylic acids is 2. The molecule has 17 heavy (non-hydrogen) atoms. The van der Waals surface area contributed by atoms with Crippen LogP contribution in [0.25, 0.3) is 0 Å². The second-order valence-electron chi connectivity index (χ2n) is 3.59. The molecule has 0 spiro atoms. The van der Waals surface area contributed by atoms with Crippen molar-refractivity contribution in [3.63, 3.8) is 0 Å². The number of esters is 1. The van der Waals surface area contributed by atoms with Crippen LogP contribution in [0.1, 0.15) is 19.8 Å². The summed E-state index contributed by atoms with van der Waals surface area (Å²) in [6.07, 6.45) is 1.78. The molecule has 0 amide bonds. The number of carbonyl (C=O) groups is 1. The van der Waals surface area contributed by atoms with E-state index in [4.69, 9.17) is 4.74 Å². The highest BCUT2D eigenvalue weighted by atomic mass is 32.2. The Balaban J connectivity index is 2.57. The molecule has 8 heteroatoms. The lowest BCUT2D eigenvalue weighted by atomic mass is 9.98. The molecule has 0 aromatic carbocycles. The molecule has 0 N–H and O–H groups in total. The molecule has 1 aliphatic rings. The van der Waals surface area contributed by atoms with Crippen molar-refractivity contribution in [1.29, 1.82) is 0 Å². The van der Waals surface area contributed by atoms with Crippen LogP contribution in [0, 0.1) is 5.92 Å². The summed E-state index contributed by atoms with van der Waals surface area (Å²) in [5, 5.41) is 0. The summed E-state index contributed by atoms with van der Waals surface area (Å²) in [4.78, 5) is 21.4. The van der Waals surface area contributed by atoms with Crippen LogP contribution in [-0.4, -0.2) is 44.5 Å². The maximum atomic E-state index is 11.4. The molecule has 0 radical (unpaired) electrons. The Morgan fingerprint density at radius 3 is 2.53 bits per heavy atom. The van der Waals surface area contributed by atoms with Crippen LogP contribution in [0.4, 0.5) is 0 Å². The molecule has 7 nitrogen and oxygen atoms in total. The highest BCUT2D eigenvalue weighted by molar-refractivity contribution is 7.87. The first kappa shape index (κ1) is 13.8. The first-order chi connectivity index (χ1) is 8.01. The van der Waals surface area contributed by atoms with Crippen LogP contribution in [0.5, 0.6) is 0 Å².